The number of rotatable bonds is 6. The fourth-order valence-electron chi connectivity index (χ4n) is 2.85. The van der Waals surface area contributed by atoms with Crippen molar-refractivity contribution in [2.24, 2.45) is 0 Å². The molecule has 29 heavy (non-hydrogen) atoms. The van der Waals surface area contributed by atoms with Crippen LogP contribution in [-0.2, 0) is 4.79 Å². The monoisotopic (exact) mass is 425 g/mol. The minimum absolute atomic E-state index is 0.132. The largest absolute Gasteiger partial charge is 0.497 e. The smallest absolute Gasteiger partial charge is 0.234 e. The lowest BCUT2D eigenvalue weighted by Gasteiger charge is -2.09. The molecule has 0 saturated carbocycles. The second-order valence-corrected chi connectivity index (χ2v) is 7.40. The third kappa shape index (κ3) is 4.18. The van der Waals surface area contributed by atoms with Gasteiger partial charge < -0.3 is 10.1 Å². The Morgan fingerprint density at radius 2 is 2.00 bits per heavy atom. The predicted octanol–water partition coefficient (Wildman–Crippen LogP) is 4.21. The highest BCUT2D eigenvalue weighted by atomic mass is 35.5. The molecule has 1 aromatic heterocycles. The summed E-state index contributed by atoms with van der Waals surface area (Å²) in [6.07, 6.45) is 0. The van der Waals surface area contributed by atoms with Gasteiger partial charge in [-0.25, -0.2) is 0 Å². The lowest BCUT2D eigenvalue weighted by molar-refractivity contribution is -0.113. The maximum atomic E-state index is 12.4. The summed E-state index contributed by atoms with van der Waals surface area (Å²) in [6.45, 7) is 0. The van der Waals surface area contributed by atoms with Crippen molar-refractivity contribution in [2.45, 2.75) is 5.16 Å². The SMILES string of the molecule is COc1ccc(NC(=O)CSc2nnnn2-c2cccc3ccccc23)c(Cl)c1. The molecule has 0 atom stereocenters. The number of carbonyl (C=O) groups excluding carboxylic acids is 1. The number of carbonyl (C=O) groups is 1. The summed E-state index contributed by atoms with van der Waals surface area (Å²) in [5.41, 5.74) is 1.38. The molecule has 0 fully saturated rings. The lowest BCUT2D eigenvalue weighted by atomic mass is 10.1. The first-order valence-electron chi connectivity index (χ1n) is 8.68. The van der Waals surface area contributed by atoms with Crippen molar-refractivity contribution >= 4 is 45.7 Å². The highest BCUT2D eigenvalue weighted by Gasteiger charge is 2.14. The Morgan fingerprint density at radius 3 is 2.83 bits per heavy atom. The molecule has 1 amide bonds. The number of amides is 1. The van der Waals surface area contributed by atoms with Crippen LogP contribution in [0.3, 0.4) is 0 Å². The number of nitrogens with one attached hydrogen (secondary N) is 1. The molecule has 1 heterocycles. The summed E-state index contributed by atoms with van der Waals surface area (Å²) in [6, 6.07) is 19.0. The van der Waals surface area contributed by atoms with E-state index in [0.717, 1.165) is 16.5 Å². The summed E-state index contributed by atoms with van der Waals surface area (Å²) in [5, 5.41) is 17.8. The van der Waals surface area contributed by atoms with Gasteiger partial charge in [-0.2, -0.15) is 4.68 Å². The number of thioether (sulfide) groups is 1. The molecule has 0 radical (unpaired) electrons. The zero-order chi connectivity index (χ0) is 20.2. The molecular formula is C20H16ClN5O2S. The third-order valence-electron chi connectivity index (χ3n) is 4.22. The van der Waals surface area contributed by atoms with Crippen LogP contribution in [0.15, 0.2) is 65.8 Å². The van der Waals surface area contributed by atoms with Gasteiger partial charge in [-0.1, -0.05) is 59.8 Å². The van der Waals surface area contributed by atoms with Crippen LogP contribution in [0, 0.1) is 0 Å². The molecule has 0 bridgehead atoms. The van der Waals surface area contributed by atoms with Crippen LogP contribution in [0.25, 0.3) is 16.5 Å². The maximum Gasteiger partial charge on any atom is 0.234 e. The molecule has 9 heteroatoms. The Morgan fingerprint density at radius 1 is 1.17 bits per heavy atom. The van der Waals surface area contributed by atoms with Gasteiger partial charge in [0.05, 0.1) is 29.3 Å². The van der Waals surface area contributed by atoms with E-state index >= 15 is 0 Å². The number of hydrogen-bond donors (Lipinski definition) is 1. The fraction of sp³-hybridized carbons (Fsp3) is 0.100. The first kappa shape index (κ1) is 19.2. The van der Waals surface area contributed by atoms with Crippen LogP contribution in [-0.4, -0.2) is 39.0 Å². The summed E-state index contributed by atoms with van der Waals surface area (Å²) in [4.78, 5) is 12.4. The molecule has 0 aliphatic rings. The average Bonchev–Trinajstić information content (AvgIpc) is 3.21. The standard InChI is InChI=1S/C20H16ClN5O2S/c1-28-14-9-10-17(16(21)11-14)22-19(27)12-29-20-23-24-25-26(20)18-8-4-6-13-5-2-3-7-15(13)18/h2-11H,12H2,1H3,(H,22,27). The van der Waals surface area contributed by atoms with Gasteiger partial charge in [0, 0.05) is 11.5 Å². The van der Waals surface area contributed by atoms with E-state index in [1.54, 1.807) is 30.0 Å². The highest BCUT2D eigenvalue weighted by Crippen LogP contribution is 2.28. The first-order valence-corrected chi connectivity index (χ1v) is 10.0. The van der Waals surface area contributed by atoms with Crippen LogP contribution in [0.4, 0.5) is 5.69 Å². The van der Waals surface area contributed by atoms with Crippen LogP contribution in [0.1, 0.15) is 0 Å². The van der Waals surface area contributed by atoms with E-state index in [9.17, 15) is 4.79 Å². The molecule has 146 valence electrons. The van der Waals surface area contributed by atoms with E-state index in [0.29, 0.717) is 21.6 Å². The third-order valence-corrected chi connectivity index (χ3v) is 5.45. The van der Waals surface area contributed by atoms with E-state index in [1.165, 1.54) is 11.8 Å². The quantitative estimate of drug-likeness (QED) is 0.466. The van der Waals surface area contributed by atoms with Gasteiger partial charge in [-0.3, -0.25) is 4.79 Å². The zero-order valence-electron chi connectivity index (χ0n) is 15.4. The highest BCUT2D eigenvalue weighted by molar-refractivity contribution is 7.99. The van der Waals surface area contributed by atoms with Gasteiger partial charge in [0.25, 0.3) is 0 Å². The lowest BCUT2D eigenvalue weighted by Crippen LogP contribution is -2.15. The molecule has 0 unspecified atom stereocenters. The van der Waals surface area contributed by atoms with Crippen molar-refractivity contribution in [2.75, 3.05) is 18.2 Å². The minimum Gasteiger partial charge on any atom is -0.497 e. The van der Waals surface area contributed by atoms with Gasteiger partial charge in [0.15, 0.2) is 0 Å². The normalized spacial score (nSPS) is 10.8. The van der Waals surface area contributed by atoms with Gasteiger partial charge >= 0.3 is 0 Å². The van der Waals surface area contributed by atoms with Crippen LogP contribution < -0.4 is 10.1 Å². The number of methoxy groups -OCH3 is 1. The van der Waals surface area contributed by atoms with E-state index in [2.05, 4.69) is 20.8 Å². The number of aromatic nitrogens is 4. The number of benzene rings is 3. The molecule has 1 N–H and O–H groups in total. The Labute approximate surface area is 176 Å². The van der Waals surface area contributed by atoms with Crippen molar-refractivity contribution in [3.8, 4) is 11.4 Å². The van der Waals surface area contributed by atoms with Crippen molar-refractivity contribution in [3.63, 3.8) is 0 Å². The van der Waals surface area contributed by atoms with E-state index < -0.39 is 0 Å². The molecule has 4 rings (SSSR count). The average molecular weight is 426 g/mol. The number of ether oxygens (including phenoxy) is 1. The summed E-state index contributed by atoms with van der Waals surface area (Å²) >= 11 is 7.42. The van der Waals surface area contributed by atoms with Crippen molar-refractivity contribution in [3.05, 3.63) is 65.7 Å². The van der Waals surface area contributed by atoms with Crippen LogP contribution in [0.2, 0.25) is 5.02 Å². The van der Waals surface area contributed by atoms with Gasteiger partial charge in [0.2, 0.25) is 11.1 Å². The molecule has 0 aliphatic heterocycles. The molecule has 0 saturated heterocycles. The summed E-state index contributed by atoms with van der Waals surface area (Å²) in [7, 11) is 1.56. The number of tetrazole rings is 1. The Bertz CT molecular complexity index is 1180. The Kier molecular flexibility index (Phi) is 5.64. The molecule has 0 spiro atoms. The summed E-state index contributed by atoms with van der Waals surface area (Å²) < 4.78 is 6.75. The second kappa shape index (κ2) is 8.50. The first-order chi connectivity index (χ1) is 14.2. The Balaban J connectivity index is 1.49. The zero-order valence-corrected chi connectivity index (χ0v) is 16.9. The molecule has 4 aromatic rings. The topological polar surface area (TPSA) is 81.9 Å². The van der Waals surface area contributed by atoms with Gasteiger partial charge in [-0.15, -0.1) is 5.10 Å². The Hall–Kier alpha value is -3.10. The predicted molar refractivity (Wildman–Crippen MR) is 114 cm³/mol. The van der Waals surface area contributed by atoms with Gasteiger partial charge in [-0.05, 0) is 34.0 Å². The molecule has 0 aliphatic carbocycles. The maximum absolute atomic E-state index is 12.4. The fourth-order valence-corrected chi connectivity index (χ4v) is 3.76. The van der Waals surface area contributed by atoms with E-state index in [4.69, 9.17) is 16.3 Å². The van der Waals surface area contributed by atoms with Crippen molar-refractivity contribution in [1.82, 2.24) is 20.2 Å². The minimum atomic E-state index is -0.213. The van der Waals surface area contributed by atoms with Crippen LogP contribution in [0.5, 0.6) is 5.75 Å². The van der Waals surface area contributed by atoms with Crippen LogP contribution >= 0.6 is 23.4 Å². The van der Waals surface area contributed by atoms with Crippen molar-refractivity contribution < 1.29 is 9.53 Å². The van der Waals surface area contributed by atoms with Crippen molar-refractivity contribution in [1.29, 1.82) is 0 Å². The molecular weight excluding hydrogens is 410 g/mol. The van der Waals surface area contributed by atoms with E-state index in [1.807, 2.05) is 42.5 Å². The van der Waals surface area contributed by atoms with Gasteiger partial charge in [0.1, 0.15) is 5.75 Å². The number of fused-ring (bicyclic) bond motifs is 1. The summed E-state index contributed by atoms with van der Waals surface area (Å²) in [5.74, 6) is 0.541. The number of halogens is 1. The number of hydrogen-bond acceptors (Lipinski definition) is 6. The second-order valence-electron chi connectivity index (χ2n) is 6.05. The number of anilines is 1. The molecule has 7 nitrogen and oxygen atoms in total. The van der Waals surface area contributed by atoms with E-state index in [-0.39, 0.29) is 11.7 Å². The number of nitrogens with zero attached hydrogens (tertiary/aromatic N) is 4. The molecule has 3 aromatic carbocycles.